The average molecular weight is 473 g/mol. The second kappa shape index (κ2) is 10.4. The van der Waals surface area contributed by atoms with E-state index in [1.807, 2.05) is 18.0 Å². The van der Waals surface area contributed by atoms with Crippen LogP contribution >= 0.6 is 0 Å². The van der Waals surface area contributed by atoms with Crippen molar-refractivity contribution in [3.63, 3.8) is 0 Å². The molecule has 6 heteroatoms. The van der Waals surface area contributed by atoms with E-state index in [2.05, 4.69) is 60.6 Å². The highest BCUT2D eigenvalue weighted by Gasteiger charge is 2.21. The standard InChI is InChI=1S/C29H36N4O2/c1-6-7-10-28(34)33-13-8-9-20(18-33)21-15-24(23-12-11-22(30-3)14-19(23)2)25-17-27(29(35)32(4)5)31-26(25)16-21/h9,11-12,14-17,30-31H,6-8,10,13,18H2,1-5H3. The number of amides is 2. The van der Waals surface area contributed by atoms with Crippen LogP contribution in [0.2, 0.25) is 0 Å². The number of unbranched alkanes of at least 4 members (excludes halogenated alkanes) is 1. The van der Waals surface area contributed by atoms with Gasteiger partial charge in [0.05, 0.1) is 0 Å². The van der Waals surface area contributed by atoms with Gasteiger partial charge in [0.1, 0.15) is 5.69 Å². The smallest absolute Gasteiger partial charge is 0.269 e. The molecule has 35 heavy (non-hydrogen) atoms. The Bertz CT molecular complexity index is 1290. The molecule has 0 saturated heterocycles. The molecule has 0 bridgehead atoms. The maximum absolute atomic E-state index is 12.7. The number of carbonyl (C=O) groups is 2. The van der Waals surface area contributed by atoms with Crippen molar-refractivity contribution >= 4 is 34.0 Å². The number of aromatic amines is 1. The maximum atomic E-state index is 12.7. The first-order valence-corrected chi connectivity index (χ1v) is 12.5. The predicted molar refractivity (Wildman–Crippen MR) is 145 cm³/mol. The number of benzene rings is 2. The molecule has 1 aromatic heterocycles. The minimum atomic E-state index is -0.0551. The van der Waals surface area contributed by atoms with Crippen LogP contribution in [0.4, 0.5) is 5.69 Å². The molecule has 4 rings (SSSR count). The highest BCUT2D eigenvalue weighted by atomic mass is 16.2. The third-order valence-electron chi connectivity index (χ3n) is 6.80. The van der Waals surface area contributed by atoms with E-state index in [0.29, 0.717) is 18.7 Å². The molecule has 1 aliphatic rings. The van der Waals surface area contributed by atoms with Crippen LogP contribution in [0.1, 0.15) is 54.2 Å². The van der Waals surface area contributed by atoms with Crippen LogP contribution in [0.15, 0.2) is 42.5 Å². The largest absolute Gasteiger partial charge is 0.388 e. The van der Waals surface area contributed by atoms with Crippen molar-refractivity contribution in [1.82, 2.24) is 14.8 Å². The van der Waals surface area contributed by atoms with Crippen molar-refractivity contribution in [1.29, 1.82) is 0 Å². The lowest BCUT2D eigenvalue weighted by atomic mass is 9.92. The zero-order valence-electron chi connectivity index (χ0n) is 21.5. The van der Waals surface area contributed by atoms with Crippen molar-refractivity contribution in [3.8, 4) is 11.1 Å². The van der Waals surface area contributed by atoms with Gasteiger partial charge in [0.15, 0.2) is 0 Å². The molecule has 2 heterocycles. The first kappa shape index (κ1) is 24.6. The van der Waals surface area contributed by atoms with Gasteiger partial charge in [-0.3, -0.25) is 9.59 Å². The van der Waals surface area contributed by atoms with Gasteiger partial charge < -0.3 is 20.1 Å². The Kier molecular flexibility index (Phi) is 7.29. The summed E-state index contributed by atoms with van der Waals surface area (Å²) in [6.45, 7) is 5.62. The van der Waals surface area contributed by atoms with Gasteiger partial charge in [-0.05, 0) is 77.9 Å². The molecule has 0 fully saturated rings. The number of anilines is 1. The molecule has 0 aliphatic carbocycles. The Morgan fingerprint density at radius 1 is 1.11 bits per heavy atom. The minimum absolute atomic E-state index is 0.0551. The normalized spacial score (nSPS) is 13.6. The summed E-state index contributed by atoms with van der Waals surface area (Å²) in [6.07, 6.45) is 5.66. The van der Waals surface area contributed by atoms with E-state index >= 15 is 0 Å². The number of aromatic nitrogens is 1. The number of nitrogens with one attached hydrogen (secondary N) is 2. The summed E-state index contributed by atoms with van der Waals surface area (Å²) in [5, 5.41) is 4.23. The number of fused-ring (bicyclic) bond motifs is 1. The van der Waals surface area contributed by atoms with Crippen molar-refractivity contribution < 1.29 is 9.59 Å². The van der Waals surface area contributed by atoms with Crippen LogP contribution in [0.5, 0.6) is 0 Å². The molecule has 0 spiro atoms. The van der Waals surface area contributed by atoms with Crippen LogP contribution in [0.25, 0.3) is 27.6 Å². The average Bonchev–Trinajstić information content (AvgIpc) is 3.30. The first-order valence-electron chi connectivity index (χ1n) is 12.5. The monoisotopic (exact) mass is 472 g/mol. The van der Waals surface area contributed by atoms with Gasteiger partial charge in [0.25, 0.3) is 5.91 Å². The second-order valence-corrected chi connectivity index (χ2v) is 9.58. The molecule has 0 unspecified atom stereocenters. The first-order chi connectivity index (χ1) is 16.8. The van der Waals surface area contributed by atoms with E-state index in [9.17, 15) is 9.59 Å². The fourth-order valence-corrected chi connectivity index (χ4v) is 4.78. The molecule has 0 atom stereocenters. The SMILES string of the molecule is CCCCC(=O)N1CCC=C(c2cc(-c3ccc(NC)cc3C)c3cc(C(=O)N(C)C)[nH]c3c2)C1. The van der Waals surface area contributed by atoms with E-state index in [0.717, 1.165) is 70.2 Å². The number of hydrogen-bond acceptors (Lipinski definition) is 3. The summed E-state index contributed by atoms with van der Waals surface area (Å²) in [7, 11) is 5.44. The van der Waals surface area contributed by atoms with Gasteiger partial charge in [0, 0.05) is 57.2 Å². The number of hydrogen-bond donors (Lipinski definition) is 2. The number of H-pyrrole nitrogens is 1. The molecular weight excluding hydrogens is 436 g/mol. The van der Waals surface area contributed by atoms with Crippen LogP contribution in [0, 0.1) is 6.92 Å². The molecule has 2 aromatic carbocycles. The van der Waals surface area contributed by atoms with Crippen molar-refractivity contribution in [2.45, 2.75) is 39.5 Å². The molecule has 0 radical (unpaired) electrons. The topological polar surface area (TPSA) is 68.4 Å². The third kappa shape index (κ3) is 5.11. The van der Waals surface area contributed by atoms with Gasteiger partial charge >= 0.3 is 0 Å². The van der Waals surface area contributed by atoms with Crippen LogP contribution in [0.3, 0.4) is 0 Å². The van der Waals surface area contributed by atoms with Gasteiger partial charge in [-0.1, -0.05) is 25.5 Å². The molecule has 6 nitrogen and oxygen atoms in total. The number of aryl methyl sites for hydroxylation is 1. The fraction of sp³-hybridized carbons (Fsp3) is 0.379. The number of rotatable bonds is 7. The zero-order chi connectivity index (χ0) is 25.1. The van der Waals surface area contributed by atoms with E-state index in [1.165, 1.54) is 0 Å². The lowest BCUT2D eigenvalue weighted by Crippen LogP contribution is -2.35. The third-order valence-corrected chi connectivity index (χ3v) is 6.80. The van der Waals surface area contributed by atoms with Crippen molar-refractivity contribution in [3.05, 3.63) is 59.3 Å². The van der Waals surface area contributed by atoms with E-state index in [1.54, 1.807) is 19.0 Å². The maximum Gasteiger partial charge on any atom is 0.269 e. The van der Waals surface area contributed by atoms with Gasteiger partial charge in [-0.25, -0.2) is 0 Å². The molecule has 2 N–H and O–H groups in total. The molecule has 3 aromatic rings. The molecule has 1 aliphatic heterocycles. The molecular formula is C29H36N4O2. The summed E-state index contributed by atoms with van der Waals surface area (Å²) in [5.41, 5.74) is 8.18. The van der Waals surface area contributed by atoms with Crippen LogP contribution in [-0.2, 0) is 4.79 Å². The molecule has 0 saturated carbocycles. The van der Waals surface area contributed by atoms with Crippen LogP contribution in [-0.4, -0.2) is 60.8 Å². The zero-order valence-corrected chi connectivity index (χ0v) is 21.5. The predicted octanol–water partition coefficient (Wildman–Crippen LogP) is 5.69. The summed E-state index contributed by atoms with van der Waals surface area (Å²) < 4.78 is 0. The molecule has 2 amide bonds. The van der Waals surface area contributed by atoms with Crippen molar-refractivity contribution in [2.24, 2.45) is 0 Å². The Morgan fingerprint density at radius 2 is 1.91 bits per heavy atom. The Hall–Kier alpha value is -3.54. The van der Waals surface area contributed by atoms with Crippen LogP contribution < -0.4 is 5.32 Å². The quantitative estimate of drug-likeness (QED) is 0.464. The Labute approximate surface area is 208 Å². The van der Waals surface area contributed by atoms with Gasteiger partial charge in [0.2, 0.25) is 5.91 Å². The number of nitrogens with zero attached hydrogens (tertiary/aromatic N) is 2. The summed E-state index contributed by atoms with van der Waals surface area (Å²) in [6, 6.07) is 12.6. The highest BCUT2D eigenvalue weighted by Crippen LogP contribution is 2.36. The fourth-order valence-electron chi connectivity index (χ4n) is 4.78. The second-order valence-electron chi connectivity index (χ2n) is 9.58. The van der Waals surface area contributed by atoms with Gasteiger partial charge in [-0.2, -0.15) is 0 Å². The minimum Gasteiger partial charge on any atom is -0.388 e. The Morgan fingerprint density at radius 3 is 2.60 bits per heavy atom. The Balaban J connectivity index is 1.81. The lowest BCUT2D eigenvalue weighted by Gasteiger charge is -2.28. The summed E-state index contributed by atoms with van der Waals surface area (Å²) in [5.74, 6) is 0.177. The molecule has 184 valence electrons. The van der Waals surface area contributed by atoms with Gasteiger partial charge in [-0.15, -0.1) is 0 Å². The lowest BCUT2D eigenvalue weighted by molar-refractivity contribution is -0.130. The summed E-state index contributed by atoms with van der Waals surface area (Å²) in [4.78, 5) is 32.4. The number of carbonyl (C=O) groups excluding carboxylic acids is 2. The summed E-state index contributed by atoms with van der Waals surface area (Å²) >= 11 is 0. The van der Waals surface area contributed by atoms with Crippen molar-refractivity contribution in [2.75, 3.05) is 39.5 Å². The van der Waals surface area contributed by atoms with E-state index in [4.69, 9.17) is 0 Å². The highest BCUT2D eigenvalue weighted by molar-refractivity contribution is 6.04. The van der Waals surface area contributed by atoms with E-state index in [-0.39, 0.29) is 11.8 Å². The van der Waals surface area contributed by atoms with E-state index < -0.39 is 0 Å².